The molecule has 5 rings (SSSR count). The van der Waals surface area contributed by atoms with Gasteiger partial charge in [-0.3, -0.25) is 9.36 Å². The molecule has 0 unspecified atom stereocenters. The molecule has 1 fully saturated rings. The minimum absolute atomic E-state index is 0.0208. The fraction of sp³-hybridized carbons (Fsp3) is 0.320. The van der Waals surface area contributed by atoms with Gasteiger partial charge in [-0.1, -0.05) is 60.7 Å². The van der Waals surface area contributed by atoms with E-state index >= 15 is 0 Å². The van der Waals surface area contributed by atoms with Crippen molar-refractivity contribution in [3.8, 4) is 0 Å². The third-order valence-electron chi connectivity index (χ3n) is 6.36. The fourth-order valence-electron chi connectivity index (χ4n) is 4.39. The van der Waals surface area contributed by atoms with Crippen molar-refractivity contribution in [2.75, 3.05) is 12.3 Å². The number of carbonyl (C=O) groups is 1. The molecule has 1 saturated carbocycles. The lowest BCUT2D eigenvalue weighted by Gasteiger charge is -2.32. The molecule has 0 bridgehead atoms. The second-order valence-corrected chi connectivity index (χ2v) is 8.40. The van der Waals surface area contributed by atoms with Gasteiger partial charge in [0, 0.05) is 12.1 Å². The molecule has 32 heavy (non-hydrogen) atoms. The molecule has 0 atom stereocenters. The smallest absolute Gasteiger partial charge is 0.410 e. The van der Waals surface area contributed by atoms with E-state index in [1.54, 1.807) is 9.47 Å². The zero-order chi connectivity index (χ0) is 22.1. The van der Waals surface area contributed by atoms with Crippen LogP contribution < -0.4 is 11.3 Å². The first-order chi connectivity index (χ1) is 15.6. The van der Waals surface area contributed by atoms with Crippen LogP contribution in [0.2, 0.25) is 0 Å². The van der Waals surface area contributed by atoms with Gasteiger partial charge in [0.2, 0.25) is 5.95 Å². The lowest BCUT2D eigenvalue weighted by molar-refractivity contribution is 0.0240. The lowest BCUT2D eigenvalue weighted by Crippen LogP contribution is -2.43. The number of aromatic nitrogens is 2. The Morgan fingerprint density at radius 2 is 1.66 bits per heavy atom. The number of carbonyl (C=O) groups excluding carboxylic acids is 1. The SMILES string of the molecule is Nc1nc2c(c(=O)n1C(c1ccccc1)c1ccccc1)CCN(C(=O)OC1CCC1)C2. The Balaban J connectivity index is 1.52. The van der Waals surface area contributed by atoms with Crippen LogP contribution in [0.1, 0.15) is 47.7 Å². The first-order valence-corrected chi connectivity index (χ1v) is 11.1. The Hall–Kier alpha value is -3.61. The van der Waals surface area contributed by atoms with E-state index in [0.29, 0.717) is 24.2 Å². The van der Waals surface area contributed by atoms with Crippen LogP contribution in [0.4, 0.5) is 10.7 Å². The maximum atomic E-state index is 13.6. The zero-order valence-corrected chi connectivity index (χ0v) is 17.8. The standard InChI is InChI=1S/C25H26N4O3/c26-24-27-21-16-28(25(31)32-19-12-7-13-19)15-14-20(21)23(30)29(24)22(17-8-3-1-4-9-17)18-10-5-2-6-11-18/h1-6,8-11,19,22H,7,12-16H2,(H2,26,27). The van der Waals surface area contributed by atoms with Crippen LogP contribution in [0.25, 0.3) is 0 Å². The van der Waals surface area contributed by atoms with Crippen LogP contribution in [0, 0.1) is 0 Å². The Kier molecular flexibility index (Phi) is 5.39. The van der Waals surface area contributed by atoms with Crippen LogP contribution in [-0.2, 0) is 17.7 Å². The quantitative estimate of drug-likeness (QED) is 0.684. The third kappa shape index (κ3) is 3.75. The highest BCUT2D eigenvalue weighted by Gasteiger charge is 2.31. The highest BCUT2D eigenvalue weighted by molar-refractivity contribution is 5.68. The number of rotatable bonds is 4. The number of nitrogens with zero attached hydrogens (tertiary/aromatic N) is 3. The summed E-state index contributed by atoms with van der Waals surface area (Å²) >= 11 is 0. The number of benzene rings is 2. The number of hydrogen-bond donors (Lipinski definition) is 1. The van der Waals surface area contributed by atoms with Crippen molar-refractivity contribution < 1.29 is 9.53 Å². The summed E-state index contributed by atoms with van der Waals surface area (Å²) in [4.78, 5) is 32.3. The van der Waals surface area contributed by atoms with Gasteiger partial charge in [-0.2, -0.15) is 0 Å². The first-order valence-electron chi connectivity index (χ1n) is 11.1. The third-order valence-corrected chi connectivity index (χ3v) is 6.36. The van der Waals surface area contributed by atoms with Gasteiger partial charge in [-0.25, -0.2) is 9.78 Å². The maximum absolute atomic E-state index is 13.6. The summed E-state index contributed by atoms with van der Waals surface area (Å²) in [6.45, 7) is 0.670. The summed E-state index contributed by atoms with van der Waals surface area (Å²) in [5, 5.41) is 0. The number of fused-ring (bicyclic) bond motifs is 1. The van der Waals surface area contributed by atoms with E-state index in [9.17, 15) is 9.59 Å². The van der Waals surface area contributed by atoms with E-state index in [0.717, 1.165) is 30.4 Å². The Bertz CT molecular complexity index is 1130. The summed E-state index contributed by atoms with van der Waals surface area (Å²) in [7, 11) is 0. The molecule has 2 aromatic carbocycles. The molecule has 1 amide bonds. The van der Waals surface area contributed by atoms with Gasteiger partial charge in [0.15, 0.2) is 0 Å². The predicted molar refractivity (Wildman–Crippen MR) is 121 cm³/mol. The highest BCUT2D eigenvalue weighted by atomic mass is 16.6. The molecule has 2 aliphatic rings. The number of anilines is 1. The number of ether oxygens (including phenoxy) is 1. The minimum Gasteiger partial charge on any atom is -0.446 e. The van der Waals surface area contributed by atoms with Gasteiger partial charge >= 0.3 is 6.09 Å². The molecule has 3 aromatic rings. The van der Waals surface area contributed by atoms with E-state index in [2.05, 4.69) is 4.98 Å². The largest absolute Gasteiger partial charge is 0.446 e. The van der Waals surface area contributed by atoms with Crippen LogP contribution in [0.15, 0.2) is 65.5 Å². The fourth-order valence-corrected chi connectivity index (χ4v) is 4.39. The summed E-state index contributed by atoms with van der Waals surface area (Å²) < 4.78 is 7.10. The molecule has 2 heterocycles. The normalized spacial score (nSPS) is 15.8. The molecule has 7 nitrogen and oxygen atoms in total. The van der Waals surface area contributed by atoms with Crippen LogP contribution >= 0.6 is 0 Å². The average Bonchev–Trinajstić information content (AvgIpc) is 2.79. The first kappa shape index (κ1) is 20.3. The van der Waals surface area contributed by atoms with Crippen LogP contribution in [-0.4, -0.2) is 33.2 Å². The van der Waals surface area contributed by atoms with E-state index in [1.165, 1.54) is 0 Å². The van der Waals surface area contributed by atoms with Gasteiger partial charge in [0.25, 0.3) is 5.56 Å². The van der Waals surface area contributed by atoms with Crippen molar-refractivity contribution >= 4 is 12.0 Å². The maximum Gasteiger partial charge on any atom is 0.410 e. The Morgan fingerprint density at radius 3 is 2.22 bits per heavy atom. The highest BCUT2D eigenvalue weighted by Crippen LogP contribution is 2.29. The molecule has 0 radical (unpaired) electrons. The minimum atomic E-state index is -0.385. The summed E-state index contributed by atoms with van der Waals surface area (Å²) in [5.41, 5.74) is 9.30. The molecule has 7 heteroatoms. The van der Waals surface area contributed by atoms with Crippen LogP contribution in [0.5, 0.6) is 0 Å². The number of hydrogen-bond acceptors (Lipinski definition) is 5. The number of nitrogen functional groups attached to an aromatic ring is 1. The lowest BCUT2D eigenvalue weighted by atomic mass is 9.96. The molecule has 2 N–H and O–H groups in total. The summed E-state index contributed by atoms with van der Waals surface area (Å²) in [5.74, 6) is 0.140. The van der Waals surface area contributed by atoms with Crippen molar-refractivity contribution in [2.24, 2.45) is 0 Å². The van der Waals surface area contributed by atoms with Crippen molar-refractivity contribution in [3.05, 3.63) is 93.4 Å². The monoisotopic (exact) mass is 430 g/mol. The molecular weight excluding hydrogens is 404 g/mol. The van der Waals surface area contributed by atoms with Gasteiger partial charge in [-0.15, -0.1) is 0 Å². The van der Waals surface area contributed by atoms with Gasteiger partial charge in [-0.05, 0) is 36.8 Å². The van der Waals surface area contributed by atoms with E-state index < -0.39 is 0 Å². The predicted octanol–water partition coefficient (Wildman–Crippen LogP) is 3.51. The molecule has 0 spiro atoms. The second kappa shape index (κ2) is 8.49. The molecule has 0 saturated heterocycles. The molecule has 1 aliphatic heterocycles. The second-order valence-electron chi connectivity index (χ2n) is 8.40. The summed E-state index contributed by atoms with van der Waals surface area (Å²) in [6.07, 6.45) is 3.06. The van der Waals surface area contributed by atoms with Gasteiger partial charge in [0.05, 0.1) is 18.3 Å². The van der Waals surface area contributed by atoms with Crippen molar-refractivity contribution in [3.63, 3.8) is 0 Å². The Labute approximate surface area is 186 Å². The Morgan fingerprint density at radius 1 is 1.03 bits per heavy atom. The average molecular weight is 431 g/mol. The van der Waals surface area contributed by atoms with E-state index in [4.69, 9.17) is 10.5 Å². The van der Waals surface area contributed by atoms with Crippen molar-refractivity contribution in [1.82, 2.24) is 14.5 Å². The van der Waals surface area contributed by atoms with E-state index in [-0.39, 0.29) is 36.3 Å². The van der Waals surface area contributed by atoms with Gasteiger partial charge in [0.1, 0.15) is 6.10 Å². The van der Waals surface area contributed by atoms with Crippen LogP contribution in [0.3, 0.4) is 0 Å². The van der Waals surface area contributed by atoms with E-state index in [1.807, 2.05) is 60.7 Å². The van der Waals surface area contributed by atoms with Gasteiger partial charge < -0.3 is 15.4 Å². The topological polar surface area (TPSA) is 90.5 Å². The van der Waals surface area contributed by atoms with Crippen molar-refractivity contribution in [2.45, 2.75) is 44.4 Å². The molecule has 164 valence electrons. The molecule has 1 aliphatic carbocycles. The number of nitrogens with two attached hydrogens (primary N) is 1. The summed E-state index contributed by atoms with van der Waals surface area (Å²) in [6, 6.07) is 19.2. The molecular formula is C25H26N4O3. The number of amides is 1. The van der Waals surface area contributed by atoms with Crippen molar-refractivity contribution in [1.29, 1.82) is 0 Å². The molecule has 1 aromatic heterocycles. The zero-order valence-electron chi connectivity index (χ0n) is 17.8.